The van der Waals surface area contributed by atoms with Gasteiger partial charge in [0.1, 0.15) is 5.41 Å². The van der Waals surface area contributed by atoms with E-state index in [-0.39, 0.29) is 11.9 Å². The predicted molar refractivity (Wildman–Crippen MR) is 48.9 cm³/mol. The zero-order valence-electron chi connectivity index (χ0n) is 8.13. The van der Waals surface area contributed by atoms with E-state index in [1.165, 1.54) is 0 Å². The minimum atomic E-state index is -0.802. The highest BCUT2D eigenvalue weighted by molar-refractivity contribution is 6.01. The first-order valence-electron chi connectivity index (χ1n) is 4.91. The largest absolute Gasteiger partial charge is 0.392 e. The summed E-state index contributed by atoms with van der Waals surface area (Å²) in [6.07, 6.45) is 3.34. The van der Waals surface area contributed by atoms with Crippen LogP contribution in [0, 0.1) is 23.2 Å². The smallest absolute Gasteiger partial charge is 0.332 e. The van der Waals surface area contributed by atoms with E-state index in [9.17, 15) is 9.59 Å². The molecule has 2 fully saturated rings. The van der Waals surface area contributed by atoms with Gasteiger partial charge in [-0.15, -0.1) is 5.92 Å². The van der Waals surface area contributed by atoms with E-state index in [2.05, 4.69) is 16.6 Å². The van der Waals surface area contributed by atoms with Crippen LogP contribution in [0.15, 0.2) is 0 Å². The number of fused-ring (bicyclic) bond motifs is 1. The van der Waals surface area contributed by atoms with Crippen molar-refractivity contribution >= 4 is 11.9 Å². The molecule has 1 saturated heterocycles. The molecule has 0 bridgehead atoms. The van der Waals surface area contributed by atoms with Crippen LogP contribution >= 0.6 is 0 Å². The molecule has 0 spiro atoms. The van der Waals surface area contributed by atoms with Crippen LogP contribution in [0.4, 0.5) is 0 Å². The molecule has 3 nitrogen and oxygen atoms in total. The van der Waals surface area contributed by atoms with E-state index in [4.69, 9.17) is 0 Å². The summed E-state index contributed by atoms with van der Waals surface area (Å²) in [5.74, 6) is 4.53. The summed E-state index contributed by atoms with van der Waals surface area (Å²) in [7, 11) is 0. The molecule has 1 aliphatic heterocycles. The highest BCUT2D eigenvalue weighted by atomic mass is 16.6. The second kappa shape index (κ2) is 3.13. The lowest BCUT2D eigenvalue weighted by Gasteiger charge is -2.28. The van der Waals surface area contributed by atoms with Gasteiger partial charge in [0.25, 0.3) is 0 Å². The van der Waals surface area contributed by atoms with E-state index < -0.39 is 11.4 Å². The van der Waals surface area contributed by atoms with Crippen LogP contribution in [0.1, 0.15) is 32.6 Å². The number of rotatable bonds is 0. The third kappa shape index (κ3) is 1.07. The van der Waals surface area contributed by atoms with E-state index in [0.717, 1.165) is 19.3 Å². The Hall–Kier alpha value is -1.30. The van der Waals surface area contributed by atoms with Crippen molar-refractivity contribution < 1.29 is 14.3 Å². The molecule has 0 aromatic rings. The average Bonchev–Trinajstić information content (AvgIpc) is 2.41. The van der Waals surface area contributed by atoms with E-state index >= 15 is 0 Å². The first kappa shape index (κ1) is 9.26. The van der Waals surface area contributed by atoms with Crippen LogP contribution in [-0.2, 0) is 14.3 Å². The van der Waals surface area contributed by atoms with Crippen molar-refractivity contribution in [2.75, 3.05) is 0 Å². The van der Waals surface area contributed by atoms with Crippen LogP contribution in [0.3, 0.4) is 0 Å². The summed E-state index contributed by atoms with van der Waals surface area (Å²) in [4.78, 5) is 23.0. The number of hydrogen-bond acceptors (Lipinski definition) is 3. The van der Waals surface area contributed by atoms with Crippen LogP contribution in [-0.4, -0.2) is 11.9 Å². The molecule has 0 aromatic heterocycles. The molecule has 1 heterocycles. The molecule has 2 atom stereocenters. The highest BCUT2D eigenvalue weighted by Crippen LogP contribution is 2.46. The Kier molecular flexibility index (Phi) is 2.07. The number of hydrogen-bond donors (Lipinski definition) is 0. The van der Waals surface area contributed by atoms with Crippen molar-refractivity contribution in [2.24, 2.45) is 11.3 Å². The zero-order chi connectivity index (χ0) is 10.2. The minimum absolute atomic E-state index is 0.309. The summed E-state index contributed by atoms with van der Waals surface area (Å²) in [6.45, 7) is 1.69. The molecule has 2 aliphatic rings. The van der Waals surface area contributed by atoms with Crippen molar-refractivity contribution in [3.05, 3.63) is 0 Å². The topological polar surface area (TPSA) is 43.4 Å². The molecule has 14 heavy (non-hydrogen) atoms. The van der Waals surface area contributed by atoms with Crippen molar-refractivity contribution in [3.63, 3.8) is 0 Å². The lowest BCUT2D eigenvalue weighted by atomic mass is 9.68. The monoisotopic (exact) mass is 192 g/mol. The van der Waals surface area contributed by atoms with Gasteiger partial charge in [-0.2, -0.15) is 0 Å². The second-order valence-electron chi connectivity index (χ2n) is 3.85. The van der Waals surface area contributed by atoms with Gasteiger partial charge in [0.05, 0.1) is 5.92 Å². The fourth-order valence-electron chi connectivity index (χ4n) is 2.41. The summed E-state index contributed by atoms with van der Waals surface area (Å²) in [5.41, 5.74) is -0.802. The molecule has 0 N–H and O–H groups in total. The molecule has 1 saturated carbocycles. The van der Waals surface area contributed by atoms with Crippen LogP contribution < -0.4 is 0 Å². The fourth-order valence-corrected chi connectivity index (χ4v) is 2.41. The van der Waals surface area contributed by atoms with E-state index in [1.807, 2.05) is 0 Å². The average molecular weight is 192 g/mol. The highest BCUT2D eigenvalue weighted by Gasteiger charge is 2.57. The van der Waals surface area contributed by atoms with E-state index in [1.54, 1.807) is 6.92 Å². The van der Waals surface area contributed by atoms with Crippen molar-refractivity contribution in [3.8, 4) is 11.8 Å². The quantitative estimate of drug-likeness (QED) is 0.330. The standard InChI is InChI=1S/C11H12O3/c1-2-6-11-7-4-3-5-8(11)9(12)14-10(11)13/h8H,3-5,7H2,1H3. The molecule has 3 heteroatoms. The van der Waals surface area contributed by atoms with Crippen LogP contribution in [0.25, 0.3) is 0 Å². The molecule has 0 aromatic carbocycles. The Labute approximate surface area is 82.8 Å². The normalized spacial score (nSPS) is 35.6. The predicted octanol–water partition coefficient (Wildman–Crippen LogP) is 1.27. The van der Waals surface area contributed by atoms with E-state index in [0.29, 0.717) is 6.42 Å². The molecule has 2 unspecified atom stereocenters. The Morgan fingerprint density at radius 2 is 2.21 bits per heavy atom. The summed E-state index contributed by atoms with van der Waals surface area (Å²) in [6, 6.07) is 0. The van der Waals surface area contributed by atoms with Gasteiger partial charge in [-0.05, 0) is 19.8 Å². The Balaban J connectivity index is 2.43. The molecule has 0 radical (unpaired) electrons. The molecular formula is C11H12O3. The van der Waals surface area contributed by atoms with Crippen molar-refractivity contribution in [2.45, 2.75) is 32.6 Å². The Bertz CT molecular complexity index is 347. The van der Waals surface area contributed by atoms with Gasteiger partial charge < -0.3 is 4.74 Å². The first-order valence-corrected chi connectivity index (χ1v) is 4.91. The van der Waals surface area contributed by atoms with Gasteiger partial charge in [-0.25, -0.2) is 4.79 Å². The minimum Gasteiger partial charge on any atom is -0.392 e. The maximum Gasteiger partial charge on any atom is 0.332 e. The SMILES string of the molecule is CC#CC12CCCCC1C(=O)OC2=O. The van der Waals surface area contributed by atoms with Crippen molar-refractivity contribution in [1.82, 2.24) is 0 Å². The van der Waals surface area contributed by atoms with Crippen LogP contribution in [0.5, 0.6) is 0 Å². The Morgan fingerprint density at radius 3 is 2.93 bits per heavy atom. The first-order chi connectivity index (χ1) is 6.70. The van der Waals surface area contributed by atoms with Gasteiger partial charge >= 0.3 is 11.9 Å². The lowest BCUT2D eigenvalue weighted by molar-refractivity contribution is -0.154. The van der Waals surface area contributed by atoms with Gasteiger partial charge in [0, 0.05) is 0 Å². The second-order valence-corrected chi connectivity index (χ2v) is 3.85. The van der Waals surface area contributed by atoms with Crippen molar-refractivity contribution in [1.29, 1.82) is 0 Å². The number of esters is 2. The van der Waals surface area contributed by atoms with Gasteiger partial charge in [-0.3, -0.25) is 4.79 Å². The Morgan fingerprint density at radius 1 is 1.43 bits per heavy atom. The third-order valence-corrected chi connectivity index (χ3v) is 3.10. The lowest BCUT2D eigenvalue weighted by Crippen LogP contribution is -2.35. The maximum absolute atomic E-state index is 11.6. The fraction of sp³-hybridized carbons (Fsp3) is 0.636. The van der Waals surface area contributed by atoms with Gasteiger partial charge in [-0.1, -0.05) is 18.8 Å². The van der Waals surface area contributed by atoms with Gasteiger partial charge in [0.2, 0.25) is 0 Å². The molecular weight excluding hydrogens is 180 g/mol. The number of ether oxygens (including phenoxy) is 1. The molecule has 1 aliphatic carbocycles. The summed E-state index contributed by atoms with van der Waals surface area (Å²) >= 11 is 0. The number of carbonyl (C=O) groups excluding carboxylic acids is 2. The van der Waals surface area contributed by atoms with Crippen LogP contribution in [0.2, 0.25) is 0 Å². The summed E-state index contributed by atoms with van der Waals surface area (Å²) in [5, 5.41) is 0. The maximum atomic E-state index is 11.6. The zero-order valence-corrected chi connectivity index (χ0v) is 8.13. The molecule has 74 valence electrons. The third-order valence-electron chi connectivity index (χ3n) is 3.10. The number of carbonyl (C=O) groups is 2. The van der Waals surface area contributed by atoms with Gasteiger partial charge in [0.15, 0.2) is 0 Å². The summed E-state index contributed by atoms with van der Waals surface area (Å²) < 4.78 is 4.68. The number of cyclic esters (lactones) is 2. The molecule has 0 amide bonds. The molecule has 2 rings (SSSR count).